The molecule has 0 aliphatic heterocycles. The van der Waals surface area contributed by atoms with Crippen LogP contribution in [0.1, 0.15) is 33.1 Å². The number of pyridine rings is 1. The summed E-state index contributed by atoms with van der Waals surface area (Å²) in [5, 5.41) is 3.15. The van der Waals surface area contributed by atoms with E-state index in [4.69, 9.17) is 0 Å². The lowest BCUT2D eigenvalue weighted by atomic mass is 9.78. The highest BCUT2D eigenvalue weighted by atomic mass is 16.2. The van der Waals surface area contributed by atoms with E-state index in [2.05, 4.69) is 24.1 Å². The minimum absolute atomic E-state index is 0.00831. The number of amides is 1. The predicted molar refractivity (Wildman–Crippen MR) is 101 cm³/mol. The fourth-order valence-electron chi connectivity index (χ4n) is 4.11. The van der Waals surface area contributed by atoms with Crippen LogP contribution in [0.2, 0.25) is 0 Å². The molecule has 1 N–H and O–H groups in total. The molecule has 3 atom stereocenters. The van der Waals surface area contributed by atoms with E-state index in [1.54, 1.807) is 12.3 Å². The molecule has 0 unspecified atom stereocenters. The maximum atomic E-state index is 12.9. The van der Waals surface area contributed by atoms with Crippen molar-refractivity contribution < 1.29 is 4.79 Å². The molecule has 26 heavy (non-hydrogen) atoms. The van der Waals surface area contributed by atoms with Crippen LogP contribution in [0.4, 0.5) is 0 Å². The standard InChI is InChI=1S/C20H24N4O2/c1-13-6-3-7-15(14(13)2)22-18(25)12-24-19-16(8-4-10-21-19)23-11-5-9-17(23)20(24)26/h4-5,8-11,13-15H,3,6-7,12H2,1-2H3,(H,22,25)/t13-,14-,15+/m1/s1. The number of hydrogen-bond donors (Lipinski definition) is 1. The van der Waals surface area contributed by atoms with Gasteiger partial charge in [0.2, 0.25) is 5.91 Å². The van der Waals surface area contributed by atoms with Crippen LogP contribution in [0, 0.1) is 11.8 Å². The van der Waals surface area contributed by atoms with Gasteiger partial charge >= 0.3 is 0 Å². The Morgan fingerprint density at radius 2 is 2.04 bits per heavy atom. The molecule has 6 nitrogen and oxygen atoms in total. The largest absolute Gasteiger partial charge is 0.352 e. The summed E-state index contributed by atoms with van der Waals surface area (Å²) in [7, 11) is 0. The molecule has 0 aromatic carbocycles. The molecule has 3 aromatic heterocycles. The number of nitrogens with zero attached hydrogens (tertiary/aromatic N) is 3. The van der Waals surface area contributed by atoms with Crippen LogP contribution >= 0.6 is 0 Å². The van der Waals surface area contributed by atoms with Crippen LogP contribution < -0.4 is 10.9 Å². The molecule has 1 saturated carbocycles. The van der Waals surface area contributed by atoms with Gasteiger partial charge in [-0.3, -0.25) is 14.2 Å². The van der Waals surface area contributed by atoms with Crippen LogP contribution in [0.5, 0.6) is 0 Å². The molecule has 3 heterocycles. The Labute approximate surface area is 151 Å². The molecule has 0 radical (unpaired) electrons. The molecule has 3 aromatic rings. The van der Waals surface area contributed by atoms with Crippen LogP contribution in [-0.4, -0.2) is 25.9 Å². The van der Waals surface area contributed by atoms with Crippen molar-refractivity contribution >= 4 is 22.6 Å². The molecule has 0 bridgehead atoms. The summed E-state index contributed by atoms with van der Waals surface area (Å²) in [5.74, 6) is 0.935. The Morgan fingerprint density at radius 1 is 1.23 bits per heavy atom. The number of carbonyl (C=O) groups is 1. The first kappa shape index (κ1) is 16.8. The Hall–Kier alpha value is -2.63. The molecule has 4 rings (SSSR count). The van der Waals surface area contributed by atoms with Gasteiger partial charge in [0.25, 0.3) is 5.56 Å². The van der Waals surface area contributed by atoms with Gasteiger partial charge in [-0.1, -0.05) is 26.7 Å². The summed E-state index contributed by atoms with van der Waals surface area (Å²) >= 11 is 0. The second kappa shape index (κ2) is 6.59. The zero-order valence-corrected chi connectivity index (χ0v) is 15.2. The highest BCUT2D eigenvalue weighted by Gasteiger charge is 2.28. The first-order chi connectivity index (χ1) is 12.6. The zero-order valence-electron chi connectivity index (χ0n) is 15.2. The van der Waals surface area contributed by atoms with Crippen LogP contribution in [-0.2, 0) is 11.3 Å². The number of nitrogens with one attached hydrogen (secondary N) is 1. The molecule has 1 aliphatic rings. The van der Waals surface area contributed by atoms with E-state index in [0.29, 0.717) is 23.0 Å². The van der Waals surface area contributed by atoms with Crippen molar-refractivity contribution in [2.45, 2.75) is 45.7 Å². The van der Waals surface area contributed by atoms with Crippen molar-refractivity contribution in [3.8, 4) is 0 Å². The number of carbonyl (C=O) groups excluding carboxylic acids is 1. The van der Waals surface area contributed by atoms with Crippen molar-refractivity contribution in [1.29, 1.82) is 0 Å². The first-order valence-electron chi connectivity index (χ1n) is 9.30. The fourth-order valence-corrected chi connectivity index (χ4v) is 4.11. The molecular formula is C20H24N4O2. The van der Waals surface area contributed by atoms with Gasteiger partial charge in [0.05, 0.1) is 5.52 Å². The second-order valence-electron chi connectivity index (χ2n) is 7.44. The first-order valence-corrected chi connectivity index (χ1v) is 9.30. The molecule has 0 saturated heterocycles. The number of hydrogen-bond acceptors (Lipinski definition) is 3. The Kier molecular flexibility index (Phi) is 4.26. The van der Waals surface area contributed by atoms with Gasteiger partial charge < -0.3 is 9.72 Å². The average molecular weight is 352 g/mol. The predicted octanol–water partition coefficient (Wildman–Crippen LogP) is 2.59. The van der Waals surface area contributed by atoms with Gasteiger partial charge in [-0.05, 0) is 42.5 Å². The maximum Gasteiger partial charge on any atom is 0.276 e. The third-order valence-corrected chi connectivity index (χ3v) is 5.85. The summed E-state index contributed by atoms with van der Waals surface area (Å²) in [5.41, 5.74) is 1.71. The quantitative estimate of drug-likeness (QED) is 0.788. The number of rotatable bonds is 3. The van der Waals surface area contributed by atoms with Gasteiger partial charge in [-0.2, -0.15) is 0 Å². The molecule has 1 aliphatic carbocycles. The van der Waals surface area contributed by atoms with E-state index in [0.717, 1.165) is 18.4 Å². The van der Waals surface area contributed by atoms with E-state index in [1.165, 1.54) is 11.0 Å². The van der Waals surface area contributed by atoms with Crippen molar-refractivity contribution in [3.63, 3.8) is 0 Å². The minimum Gasteiger partial charge on any atom is -0.352 e. The number of fused-ring (bicyclic) bond motifs is 3. The van der Waals surface area contributed by atoms with E-state index >= 15 is 0 Å². The van der Waals surface area contributed by atoms with Crippen molar-refractivity contribution in [3.05, 3.63) is 47.0 Å². The lowest BCUT2D eigenvalue weighted by Gasteiger charge is -2.34. The van der Waals surface area contributed by atoms with E-state index in [1.807, 2.05) is 28.8 Å². The highest BCUT2D eigenvalue weighted by Crippen LogP contribution is 2.29. The second-order valence-corrected chi connectivity index (χ2v) is 7.44. The molecule has 136 valence electrons. The molecule has 1 amide bonds. The normalized spacial score (nSPS) is 23.4. The van der Waals surface area contributed by atoms with Crippen molar-refractivity contribution in [2.75, 3.05) is 0 Å². The van der Waals surface area contributed by atoms with Gasteiger partial charge in [-0.15, -0.1) is 0 Å². The summed E-state index contributed by atoms with van der Waals surface area (Å²) in [4.78, 5) is 29.9. The lowest BCUT2D eigenvalue weighted by Crippen LogP contribution is -2.45. The van der Waals surface area contributed by atoms with Crippen LogP contribution in [0.25, 0.3) is 16.7 Å². The molecule has 6 heteroatoms. The summed E-state index contributed by atoms with van der Waals surface area (Å²) < 4.78 is 3.31. The average Bonchev–Trinajstić information content (AvgIpc) is 3.13. The highest BCUT2D eigenvalue weighted by molar-refractivity contribution is 5.80. The van der Waals surface area contributed by atoms with E-state index in [9.17, 15) is 9.59 Å². The van der Waals surface area contributed by atoms with Gasteiger partial charge in [0, 0.05) is 18.4 Å². The molecular weight excluding hydrogens is 328 g/mol. The third-order valence-electron chi connectivity index (χ3n) is 5.85. The van der Waals surface area contributed by atoms with Gasteiger partial charge in [-0.25, -0.2) is 4.98 Å². The smallest absolute Gasteiger partial charge is 0.276 e. The Balaban J connectivity index is 1.67. The van der Waals surface area contributed by atoms with Gasteiger partial charge in [0.1, 0.15) is 12.1 Å². The number of aromatic nitrogens is 3. The summed E-state index contributed by atoms with van der Waals surface area (Å²) in [6.45, 7) is 4.43. The summed E-state index contributed by atoms with van der Waals surface area (Å²) in [6.07, 6.45) is 6.85. The van der Waals surface area contributed by atoms with Crippen LogP contribution in [0.3, 0.4) is 0 Å². The zero-order chi connectivity index (χ0) is 18.3. The van der Waals surface area contributed by atoms with Crippen molar-refractivity contribution in [1.82, 2.24) is 19.3 Å². The van der Waals surface area contributed by atoms with E-state index in [-0.39, 0.29) is 24.1 Å². The Bertz CT molecular complexity index is 1020. The third kappa shape index (κ3) is 2.79. The van der Waals surface area contributed by atoms with Crippen LogP contribution in [0.15, 0.2) is 41.5 Å². The molecule has 0 spiro atoms. The maximum absolute atomic E-state index is 12.9. The SMILES string of the molecule is C[C@@H]1[C@H](C)CCC[C@@H]1NC(=O)Cn1c(=O)c2cccn2c2cccnc21. The summed E-state index contributed by atoms with van der Waals surface area (Å²) in [6, 6.07) is 7.53. The topological polar surface area (TPSA) is 68.4 Å². The Morgan fingerprint density at radius 3 is 2.88 bits per heavy atom. The monoisotopic (exact) mass is 352 g/mol. The molecule has 1 fully saturated rings. The van der Waals surface area contributed by atoms with E-state index < -0.39 is 0 Å². The minimum atomic E-state index is -0.193. The van der Waals surface area contributed by atoms with Gasteiger partial charge in [0.15, 0.2) is 5.65 Å². The fraction of sp³-hybridized carbons (Fsp3) is 0.450. The lowest BCUT2D eigenvalue weighted by molar-refractivity contribution is -0.123. The van der Waals surface area contributed by atoms with Crippen molar-refractivity contribution in [2.24, 2.45) is 11.8 Å².